The van der Waals surface area contributed by atoms with Gasteiger partial charge in [-0.3, -0.25) is 4.79 Å². The van der Waals surface area contributed by atoms with Crippen molar-refractivity contribution >= 4 is 21.6 Å². The maximum absolute atomic E-state index is 12.8. The topological polar surface area (TPSA) is 84.9 Å². The van der Waals surface area contributed by atoms with Gasteiger partial charge in [-0.05, 0) is 31.4 Å². The van der Waals surface area contributed by atoms with Crippen LogP contribution in [-0.4, -0.2) is 51.2 Å². The van der Waals surface area contributed by atoms with Crippen LogP contribution >= 0.6 is 0 Å². The number of rotatable bonds is 8. The highest BCUT2D eigenvalue weighted by atomic mass is 32.2. The van der Waals surface area contributed by atoms with Crippen LogP contribution in [0.4, 0.5) is 5.69 Å². The lowest BCUT2D eigenvalue weighted by molar-refractivity contribution is -0.120. The van der Waals surface area contributed by atoms with Crippen LogP contribution in [0.15, 0.2) is 18.2 Å². The monoisotopic (exact) mass is 384 g/mol. The molecule has 0 aliphatic carbocycles. The summed E-state index contributed by atoms with van der Waals surface area (Å²) in [5.74, 6) is 0.796. The molecule has 1 aliphatic rings. The zero-order chi connectivity index (χ0) is 19.2. The molecule has 1 amide bonds. The SMILES string of the molecule is CCCCOc1ccc(OC)cc1NC(=O)[C@H]1CCCCN1S(C)(=O)=O. The normalized spacial score (nSPS) is 18.3. The van der Waals surface area contributed by atoms with Gasteiger partial charge in [0, 0.05) is 12.6 Å². The molecule has 1 aromatic carbocycles. The third kappa shape index (κ3) is 5.35. The fourth-order valence-corrected chi connectivity index (χ4v) is 4.09. The fraction of sp³-hybridized carbons (Fsp3) is 0.611. The van der Waals surface area contributed by atoms with E-state index < -0.39 is 16.1 Å². The molecule has 0 aromatic heterocycles. The minimum atomic E-state index is -3.44. The molecule has 26 heavy (non-hydrogen) atoms. The lowest BCUT2D eigenvalue weighted by Crippen LogP contribution is -2.49. The van der Waals surface area contributed by atoms with Gasteiger partial charge in [0.05, 0.1) is 25.7 Å². The van der Waals surface area contributed by atoms with Crippen LogP contribution in [0.2, 0.25) is 0 Å². The highest BCUT2D eigenvalue weighted by molar-refractivity contribution is 7.88. The number of nitrogens with one attached hydrogen (secondary N) is 1. The average molecular weight is 384 g/mol. The van der Waals surface area contributed by atoms with Crippen LogP contribution < -0.4 is 14.8 Å². The second kappa shape index (κ2) is 9.23. The van der Waals surface area contributed by atoms with E-state index in [9.17, 15) is 13.2 Å². The maximum Gasteiger partial charge on any atom is 0.242 e. The first kappa shape index (κ1) is 20.5. The van der Waals surface area contributed by atoms with E-state index in [0.29, 0.717) is 36.8 Å². The first-order valence-electron chi connectivity index (χ1n) is 8.95. The molecule has 0 saturated carbocycles. The second-order valence-electron chi connectivity index (χ2n) is 6.44. The van der Waals surface area contributed by atoms with E-state index in [1.807, 2.05) is 0 Å². The quantitative estimate of drug-likeness (QED) is 0.697. The van der Waals surface area contributed by atoms with Crippen LogP contribution in [-0.2, 0) is 14.8 Å². The van der Waals surface area contributed by atoms with E-state index in [2.05, 4.69) is 12.2 Å². The van der Waals surface area contributed by atoms with Crippen molar-refractivity contribution in [1.29, 1.82) is 0 Å². The van der Waals surface area contributed by atoms with Crippen molar-refractivity contribution in [3.63, 3.8) is 0 Å². The average Bonchev–Trinajstić information content (AvgIpc) is 2.62. The molecule has 0 bridgehead atoms. The number of unbranched alkanes of at least 4 members (excludes halogenated alkanes) is 1. The molecular formula is C18H28N2O5S. The maximum atomic E-state index is 12.8. The summed E-state index contributed by atoms with van der Waals surface area (Å²) in [4.78, 5) is 12.8. The smallest absolute Gasteiger partial charge is 0.242 e. The Hall–Kier alpha value is -1.80. The molecule has 7 nitrogen and oxygen atoms in total. The van der Waals surface area contributed by atoms with Gasteiger partial charge in [0.15, 0.2) is 0 Å². The van der Waals surface area contributed by atoms with Gasteiger partial charge in [-0.1, -0.05) is 19.8 Å². The van der Waals surface area contributed by atoms with Gasteiger partial charge in [0.1, 0.15) is 17.5 Å². The summed E-state index contributed by atoms with van der Waals surface area (Å²) in [7, 11) is -1.89. The summed E-state index contributed by atoms with van der Waals surface area (Å²) < 4.78 is 36.3. The molecule has 146 valence electrons. The Kier molecular flexibility index (Phi) is 7.28. The number of hydrogen-bond donors (Lipinski definition) is 1. The molecule has 8 heteroatoms. The second-order valence-corrected chi connectivity index (χ2v) is 8.37. The van der Waals surface area contributed by atoms with E-state index in [0.717, 1.165) is 31.9 Å². The number of methoxy groups -OCH3 is 1. The Morgan fingerprint density at radius 3 is 2.77 bits per heavy atom. The number of benzene rings is 1. The molecule has 1 atom stereocenters. The van der Waals surface area contributed by atoms with Crippen LogP contribution in [0.3, 0.4) is 0 Å². The first-order valence-corrected chi connectivity index (χ1v) is 10.8. The van der Waals surface area contributed by atoms with Crippen molar-refractivity contribution in [3.05, 3.63) is 18.2 Å². The van der Waals surface area contributed by atoms with Crippen molar-refractivity contribution in [2.75, 3.05) is 31.8 Å². The van der Waals surface area contributed by atoms with Gasteiger partial charge < -0.3 is 14.8 Å². The van der Waals surface area contributed by atoms with E-state index in [1.165, 1.54) is 4.31 Å². The van der Waals surface area contributed by atoms with Gasteiger partial charge in [-0.25, -0.2) is 8.42 Å². The molecule has 1 aromatic rings. The number of sulfonamides is 1. The van der Waals surface area contributed by atoms with E-state index in [-0.39, 0.29) is 5.91 Å². The number of hydrogen-bond acceptors (Lipinski definition) is 5. The van der Waals surface area contributed by atoms with Gasteiger partial charge in [-0.2, -0.15) is 4.31 Å². The first-order chi connectivity index (χ1) is 12.4. The molecular weight excluding hydrogens is 356 g/mol. The standard InChI is InChI=1S/C18H28N2O5S/c1-4-5-12-25-17-10-9-14(24-2)13-15(17)19-18(21)16-8-6-7-11-20(16)26(3,22)23/h9-10,13,16H,4-8,11-12H2,1-3H3,(H,19,21)/t16-/m1/s1. The number of nitrogens with zero attached hydrogens (tertiary/aromatic N) is 1. The summed E-state index contributed by atoms with van der Waals surface area (Å²) in [6.07, 6.45) is 5.15. The summed E-state index contributed by atoms with van der Waals surface area (Å²) in [6, 6.07) is 4.50. The Morgan fingerprint density at radius 2 is 2.12 bits per heavy atom. The number of anilines is 1. The van der Waals surface area contributed by atoms with Crippen LogP contribution in [0.5, 0.6) is 11.5 Å². The molecule has 0 unspecified atom stereocenters. The van der Waals surface area contributed by atoms with E-state index in [4.69, 9.17) is 9.47 Å². The largest absolute Gasteiger partial charge is 0.497 e. The number of carbonyl (C=O) groups is 1. The Morgan fingerprint density at radius 1 is 1.35 bits per heavy atom. The number of piperidine rings is 1. The van der Waals surface area contributed by atoms with Crippen molar-refractivity contribution in [2.45, 2.75) is 45.1 Å². The molecule has 1 heterocycles. The Bertz CT molecular complexity index is 720. The van der Waals surface area contributed by atoms with Crippen LogP contribution in [0.25, 0.3) is 0 Å². The lowest BCUT2D eigenvalue weighted by Gasteiger charge is -2.32. The molecule has 2 rings (SSSR count). The molecule has 1 N–H and O–H groups in total. The Balaban J connectivity index is 2.20. The molecule has 1 saturated heterocycles. The third-order valence-corrected chi connectivity index (χ3v) is 5.67. The number of carbonyl (C=O) groups excluding carboxylic acids is 1. The zero-order valence-electron chi connectivity index (χ0n) is 15.7. The van der Waals surface area contributed by atoms with Gasteiger partial charge in [-0.15, -0.1) is 0 Å². The summed E-state index contributed by atoms with van der Waals surface area (Å²) in [6.45, 7) is 2.99. The molecule has 1 fully saturated rings. The molecule has 1 aliphatic heterocycles. The lowest BCUT2D eigenvalue weighted by atomic mass is 10.0. The molecule has 0 spiro atoms. The van der Waals surface area contributed by atoms with Gasteiger partial charge >= 0.3 is 0 Å². The zero-order valence-corrected chi connectivity index (χ0v) is 16.5. The molecule has 0 radical (unpaired) electrons. The van der Waals surface area contributed by atoms with Crippen molar-refractivity contribution in [1.82, 2.24) is 4.31 Å². The van der Waals surface area contributed by atoms with Crippen molar-refractivity contribution < 1.29 is 22.7 Å². The van der Waals surface area contributed by atoms with Crippen LogP contribution in [0.1, 0.15) is 39.0 Å². The van der Waals surface area contributed by atoms with Gasteiger partial charge in [0.2, 0.25) is 15.9 Å². The summed E-state index contributed by atoms with van der Waals surface area (Å²) >= 11 is 0. The number of ether oxygens (including phenoxy) is 2. The Labute approximate surface area is 155 Å². The predicted octanol–water partition coefficient (Wildman–Crippen LogP) is 2.63. The highest BCUT2D eigenvalue weighted by Crippen LogP contribution is 2.30. The minimum absolute atomic E-state index is 0.344. The van der Waals surface area contributed by atoms with E-state index in [1.54, 1.807) is 25.3 Å². The van der Waals surface area contributed by atoms with Crippen LogP contribution in [0, 0.1) is 0 Å². The predicted molar refractivity (Wildman–Crippen MR) is 101 cm³/mol. The van der Waals surface area contributed by atoms with Gasteiger partial charge in [0.25, 0.3) is 0 Å². The van der Waals surface area contributed by atoms with Crippen molar-refractivity contribution in [3.8, 4) is 11.5 Å². The summed E-state index contributed by atoms with van der Waals surface area (Å²) in [5.41, 5.74) is 0.490. The fourth-order valence-electron chi connectivity index (χ4n) is 2.97. The summed E-state index contributed by atoms with van der Waals surface area (Å²) in [5, 5.41) is 2.83. The highest BCUT2D eigenvalue weighted by Gasteiger charge is 2.34. The third-order valence-electron chi connectivity index (χ3n) is 4.38. The van der Waals surface area contributed by atoms with Crippen molar-refractivity contribution in [2.24, 2.45) is 0 Å². The number of amides is 1. The van der Waals surface area contributed by atoms with E-state index >= 15 is 0 Å². The minimum Gasteiger partial charge on any atom is -0.497 e.